The maximum absolute atomic E-state index is 12.7. The Morgan fingerprint density at radius 2 is 1.73 bits per heavy atom. The molecule has 0 aliphatic carbocycles. The van der Waals surface area contributed by atoms with E-state index >= 15 is 0 Å². The number of carbonyl (C=O) groups excluding carboxylic acids is 2. The second kappa shape index (κ2) is 7.61. The summed E-state index contributed by atoms with van der Waals surface area (Å²) in [4.78, 5) is 39.1. The minimum Gasteiger partial charge on any atom is -0.481 e. The monoisotopic (exact) mass is 310 g/mol. The molecule has 1 atom stereocenters. The summed E-state index contributed by atoms with van der Waals surface area (Å²) in [5.41, 5.74) is 0. The molecule has 0 bridgehead atoms. The highest BCUT2D eigenvalue weighted by Crippen LogP contribution is 2.24. The third kappa shape index (κ3) is 3.99. The lowest BCUT2D eigenvalue weighted by Gasteiger charge is -2.39. The van der Waals surface area contributed by atoms with E-state index in [1.165, 1.54) is 0 Å². The van der Waals surface area contributed by atoms with E-state index in [2.05, 4.69) is 0 Å². The molecule has 2 fully saturated rings. The van der Waals surface area contributed by atoms with Crippen molar-refractivity contribution in [1.82, 2.24) is 9.80 Å². The molecule has 2 aliphatic rings. The SMILES string of the molecule is CCC(=O)N1CCCCC1C(=O)N1CCC(CC(=O)O)CC1. The number of aliphatic carboxylic acids is 1. The molecule has 22 heavy (non-hydrogen) atoms. The van der Waals surface area contributed by atoms with Crippen molar-refractivity contribution >= 4 is 17.8 Å². The molecule has 1 unspecified atom stereocenters. The number of nitrogens with zero attached hydrogens (tertiary/aromatic N) is 2. The number of carboxylic acid groups (broad SMARTS) is 1. The summed E-state index contributed by atoms with van der Waals surface area (Å²) in [5, 5.41) is 8.84. The fourth-order valence-corrected chi connectivity index (χ4v) is 3.51. The van der Waals surface area contributed by atoms with Gasteiger partial charge in [0.25, 0.3) is 0 Å². The van der Waals surface area contributed by atoms with Gasteiger partial charge in [-0.2, -0.15) is 0 Å². The van der Waals surface area contributed by atoms with Gasteiger partial charge in [0.15, 0.2) is 0 Å². The topological polar surface area (TPSA) is 77.9 Å². The van der Waals surface area contributed by atoms with Crippen LogP contribution in [0.1, 0.15) is 51.9 Å². The van der Waals surface area contributed by atoms with Crippen LogP contribution in [0.15, 0.2) is 0 Å². The summed E-state index contributed by atoms with van der Waals surface area (Å²) >= 11 is 0. The van der Waals surface area contributed by atoms with Gasteiger partial charge in [-0.1, -0.05) is 6.92 Å². The van der Waals surface area contributed by atoms with Gasteiger partial charge < -0.3 is 14.9 Å². The Kier molecular flexibility index (Phi) is 5.80. The fourth-order valence-electron chi connectivity index (χ4n) is 3.51. The molecule has 0 spiro atoms. The number of likely N-dealkylation sites (tertiary alicyclic amines) is 2. The molecule has 0 radical (unpaired) electrons. The Morgan fingerprint density at radius 3 is 2.32 bits per heavy atom. The standard InChI is InChI=1S/C16H26N2O4/c1-2-14(19)18-8-4-3-5-13(18)16(22)17-9-6-12(7-10-17)11-15(20)21/h12-13H,2-11H2,1H3,(H,20,21). The van der Waals surface area contributed by atoms with Crippen LogP contribution in [0.4, 0.5) is 0 Å². The number of amides is 2. The second-order valence-corrected chi connectivity index (χ2v) is 6.32. The van der Waals surface area contributed by atoms with Crippen molar-refractivity contribution in [1.29, 1.82) is 0 Å². The molecule has 2 aliphatic heterocycles. The second-order valence-electron chi connectivity index (χ2n) is 6.32. The zero-order valence-electron chi connectivity index (χ0n) is 13.3. The van der Waals surface area contributed by atoms with Crippen LogP contribution in [0.25, 0.3) is 0 Å². The molecule has 124 valence electrons. The average molecular weight is 310 g/mol. The number of hydrogen-bond acceptors (Lipinski definition) is 3. The number of rotatable bonds is 4. The van der Waals surface area contributed by atoms with Crippen LogP contribution in [0.5, 0.6) is 0 Å². The lowest BCUT2D eigenvalue weighted by molar-refractivity contribution is -0.148. The van der Waals surface area contributed by atoms with Crippen molar-refractivity contribution in [2.75, 3.05) is 19.6 Å². The minimum absolute atomic E-state index is 0.0512. The quantitative estimate of drug-likeness (QED) is 0.853. The maximum atomic E-state index is 12.7. The lowest BCUT2D eigenvalue weighted by Crippen LogP contribution is -2.54. The Bertz CT molecular complexity index is 430. The first-order valence-corrected chi connectivity index (χ1v) is 8.33. The molecule has 6 nitrogen and oxygen atoms in total. The van der Waals surface area contributed by atoms with Gasteiger partial charge in [-0.15, -0.1) is 0 Å². The first kappa shape index (κ1) is 16.8. The van der Waals surface area contributed by atoms with Gasteiger partial charge >= 0.3 is 5.97 Å². The van der Waals surface area contributed by atoms with Crippen LogP contribution in [0.3, 0.4) is 0 Å². The van der Waals surface area contributed by atoms with Crippen molar-refractivity contribution in [3.05, 3.63) is 0 Å². The first-order valence-electron chi connectivity index (χ1n) is 8.33. The summed E-state index contributed by atoms with van der Waals surface area (Å²) < 4.78 is 0. The van der Waals surface area contributed by atoms with Crippen LogP contribution in [-0.4, -0.2) is 58.4 Å². The Balaban J connectivity index is 1.93. The van der Waals surface area contributed by atoms with Gasteiger partial charge in [-0.25, -0.2) is 0 Å². The van der Waals surface area contributed by atoms with Crippen molar-refractivity contribution < 1.29 is 19.5 Å². The lowest BCUT2D eigenvalue weighted by atomic mass is 9.92. The number of hydrogen-bond donors (Lipinski definition) is 1. The highest BCUT2D eigenvalue weighted by molar-refractivity contribution is 5.88. The third-order valence-electron chi connectivity index (χ3n) is 4.80. The predicted molar refractivity (Wildman–Crippen MR) is 81.2 cm³/mol. The van der Waals surface area contributed by atoms with E-state index in [0.717, 1.165) is 32.1 Å². The van der Waals surface area contributed by atoms with Gasteiger partial charge in [-0.3, -0.25) is 14.4 Å². The molecule has 2 rings (SSSR count). The van der Waals surface area contributed by atoms with Gasteiger partial charge in [0.05, 0.1) is 0 Å². The fraction of sp³-hybridized carbons (Fsp3) is 0.812. The molecule has 0 aromatic rings. The molecule has 2 saturated heterocycles. The Labute approximate surface area is 131 Å². The van der Waals surface area contributed by atoms with Crippen LogP contribution in [0.2, 0.25) is 0 Å². The summed E-state index contributed by atoms with van der Waals surface area (Å²) in [6.45, 7) is 3.73. The molecular weight excluding hydrogens is 284 g/mol. The molecule has 6 heteroatoms. The molecule has 0 saturated carbocycles. The van der Waals surface area contributed by atoms with Gasteiger partial charge in [0.2, 0.25) is 11.8 Å². The molecule has 1 N–H and O–H groups in total. The minimum atomic E-state index is -0.767. The van der Waals surface area contributed by atoms with E-state index < -0.39 is 5.97 Å². The third-order valence-corrected chi connectivity index (χ3v) is 4.80. The highest BCUT2D eigenvalue weighted by atomic mass is 16.4. The molecular formula is C16H26N2O4. The summed E-state index contributed by atoms with van der Waals surface area (Å²) in [5.74, 6) is -0.493. The zero-order chi connectivity index (χ0) is 16.1. The van der Waals surface area contributed by atoms with Crippen molar-refractivity contribution in [2.24, 2.45) is 5.92 Å². The van der Waals surface area contributed by atoms with Crippen molar-refractivity contribution in [3.63, 3.8) is 0 Å². The molecule has 0 aromatic carbocycles. The first-order chi connectivity index (χ1) is 10.5. The normalized spacial score (nSPS) is 23.4. The molecule has 2 amide bonds. The van der Waals surface area contributed by atoms with E-state index in [9.17, 15) is 14.4 Å². The van der Waals surface area contributed by atoms with E-state index in [-0.39, 0.29) is 30.2 Å². The van der Waals surface area contributed by atoms with Gasteiger partial charge in [0.1, 0.15) is 6.04 Å². The van der Waals surface area contributed by atoms with Crippen LogP contribution in [0, 0.1) is 5.92 Å². The predicted octanol–water partition coefficient (Wildman–Crippen LogP) is 1.49. The largest absolute Gasteiger partial charge is 0.481 e. The summed E-state index contributed by atoms with van der Waals surface area (Å²) in [6.07, 6.45) is 4.81. The summed E-state index contributed by atoms with van der Waals surface area (Å²) in [6, 6.07) is -0.308. The Morgan fingerprint density at radius 1 is 1.05 bits per heavy atom. The number of carboxylic acids is 1. The zero-order valence-corrected chi connectivity index (χ0v) is 13.3. The van der Waals surface area contributed by atoms with Gasteiger partial charge in [-0.05, 0) is 38.0 Å². The van der Waals surface area contributed by atoms with E-state index in [1.807, 2.05) is 11.8 Å². The van der Waals surface area contributed by atoms with Crippen LogP contribution < -0.4 is 0 Å². The Hall–Kier alpha value is -1.59. The van der Waals surface area contributed by atoms with E-state index in [0.29, 0.717) is 26.1 Å². The maximum Gasteiger partial charge on any atom is 0.303 e. The van der Waals surface area contributed by atoms with E-state index in [4.69, 9.17) is 5.11 Å². The summed E-state index contributed by atoms with van der Waals surface area (Å²) in [7, 11) is 0. The van der Waals surface area contributed by atoms with Crippen molar-refractivity contribution in [3.8, 4) is 0 Å². The number of piperidine rings is 2. The average Bonchev–Trinajstić information content (AvgIpc) is 2.53. The molecule has 0 aromatic heterocycles. The van der Waals surface area contributed by atoms with Crippen molar-refractivity contribution in [2.45, 2.75) is 57.9 Å². The molecule has 2 heterocycles. The van der Waals surface area contributed by atoms with Crippen LogP contribution in [-0.2, 0) is 14.4 Å². The highest BCUT2D eigenvalue weighted by Gasteiger charge is 2.35. The van der Waals surface area contributed by atoms with Crippen LogP contribution >= 0.6 is 0 Å². The van der Waals surface area contributed by atoms with E-state index in [1.54, 1.807) is 4.90 Å². The van der Waals surface area contributed by atoms with Gasteiger partial charge in [0, 0.05) is 32.5 Å². The smallest absolute Gasteiger partial charge is 0.303 e. The number of carbonyl (C=O) groups is 3.